The van der Waals surface area contributed by atoms with Crippen LogP contribution in [-0.4, -0.2) is 11.2 Å². The summed E-state index contributed by atoms with van der Waals surface area (Å²) in [6.07, 6.45) is 3.83. The molecule has 1 aromatic carbocycles. The monoisotopic (exact) mass is 353 g/mol. The van der Waals surface area contributed by atoms with E-state index in [2.05, 4.69) is 13.8 Å². The van der Waals surface area contributed by atoms with E-state index in [-0.39, 0.29) is 5.56 Å². The first-order chi connectivity index (χ1) is 11.0. The molecule has 0 atom stereocenters. The molecule has 5 heteroatoms. The third-order valence-electron chi connectivity index (χ3n) is 3.52. The lowest BCUT2D eigenvalue weighted by molar-refractivity contribution is 0.296. The van der Waals surface area contributed by atoms with Gasteiger partial charge in [-0.05, 0) is 42.5 Å². The van der Waals surface area contributed by atoms with Crippen molar-refractivity contribution in [2.24, 2.45) is 5.92 Å². The Morgan fingerprint density at radius 2 is 1.96 bits per heavy atom. The van der Waals surface area contributed by atoms with Crippen LogP contribution in [0.3, 0.4) is 0 Å². The van der Waals surface area contributed by atoms with Crippen molar-refractivity contribution in [3.05, 3.63) is 62.5 Å². The van der Waals surface area contributed by atoms with Crippen molar-refractivity contribution >= 4 is 23.2 Å². The van der Waals surface area contributed by atoms with Crippen LogP contribution >= 0.6 is 23.2 Å². The minimum absolute atomic E-state index is 0.114. The minimum Gasteiger partial charge on any atom is -0.493 e. The molecule has 0 radical (unpaired) electrons. The number of benzene rings is 1. The van der Waals surface area contributed by atoms with Gasteiger partial charge in [-0.1, -0.05) is 43.1 Å². The van der Waals surface area contributed by atoms with Crippen LogP contribution in [0, 0.1) is 5.92 Å². The summed E-state index contributed by atoms with van der Waals surface area (Å²) in [5.74, 6) is 1.27. The number of ether oxygens (including phenoxy) is 1. The first-order valence-electron chi connectivity index (χ1n) is 7.73. The predicted octanol–water partition coefficient (Wildman–Crippen LogP) is 5.02. The van der Waals surface area contributed by atoms with Crippen molar-refractivity contribution in [2.45, 2.75) is 33.2 Å². The molecule has 0 fully saturated rings. The molecule has 0 saturated carbocycles. The molecule has 0 unspecified atom stereocenters. The highest BCUT2D eigenvalue weighted by Crippen LogP contribution is 2.21. The number of nitrogens with zero attached hydrogens (tertiary/aromatic N) is 1. The smallest absolute Gasteiger partial charge is 0.254 e. The van der Waals surface area contributed by atoms with Crippen molar-refractivity contribution in [1.82, 2.24) is 4.57 Å². The Morgan fingerprint density at radius 1 is 1.17 bits per heavy atom. The largest absolute Gasteiger partial charge is 0.493 e. The Hall–Kier alpha value is -1.45. The molecule has 2 rings (SSSR count). The second-order valence-corrected chi connectivity index (χ2v) is 6.79. The normalized spacial score (nSPS) is 11.0. The molecule has 124 valence electrons. The summed E-state index contributed by atoms with van der Waals surface area (Å²) < 4.78 is 7.22. The van der Waals surface area contributed by atoms with Gasteiger partial charge in [-0.15, -0.1) is 0 Å². The van der Waals surface area contributed by atoms with Crippen LogP contribution in [-0.2, 0) is 6.54 Å². The molecule has 3 nitrogen and oxygen atoms in total. The molecule has 0 amide bonds. The summed E-state index contributed by atoms with van der Waals surface area (Å²) in [7, 11) is 0. The van der Waals surface area contributed by atoms with Gasteiger partial charge in [0.2, 0.25) is 0 Å². The zero-order chi connectivity index (χ0) is 16.8. The predicted molar refractivity (Wildman–Crippen MR) is 95.8 cm³/mol. The van der Waals surface area contributed by atoms with Crippen molar-refractivity contribution in [1.29, 1.82) is 0 Å². The van der Waals surface area contributed by atoms with E-state index in [4.69, 9.17) is 27.9 Å². The second kappa shape index (κ2) is 8.42. The fraction of sp³-hybridized carbons (Fsp3) is 0.389. The quantitative estimate of drug-likeness (QED) is 0.654. The maximum Gasteiger partial charge on any atom is 0.254 e. The van der Waals surface area contributed by atoms with Gasteiger partial charge in [-0.2, -0.15) is 0 Å². The van der Waals surface area contributed by atoms with E-state index in [1.165, 1.54) is 6.07 Å². The first-order valence-corrected chi connectivity index (χ1v) is 8.48. The highest BCUT2D eigenvalue weighted by molar-refractivity contribution is 6.35. The average Bonchev–Trinajstić information content (AvgIpc) is 2.48. The van der Waals surface area contributed by atoms with E-state index in [1.54, 1.807) is 29.0 Å². The molecular weight excluding hydrogens is 333 g/mol. The van der Waals surface area contributed by atoms with Gasteiger partial charge in [0, 0.05) is 22.3 Å². The van der Waals surface area contributed by atoms with Crippen LogP contribution in [0.15, 0.2) is 41.3 Å². The van der Waals surface area contributed by atoms with E-state index in [9.17, 15) is 4.79 Å². The fourth-order valence-electron chi connectivity index (χ4n) is 2.23. The second-order valence-electron chi connectivity index (χ2n) is 5.95. The van der Waals surface area contributed by atoms with E-state index < -0.39 is 0 Å². The molecule has 1 aromatic heterocycles. The number of halogens is 2. The summed E-state index contributed by atoms with van der Waals surface area (Å²) in [5.41, 5.74) is 0.737. The molecule has 1 heterocycles. The number of hydrogen-bond donors (Lipinski definition) is 0. The zero-order valence-electron chi connectivity index (χ0n) is 13.4. The van der Waals surface area contributed by atoms with Crippen LogP contribution in [0.25, 0.3) is 0 Å². The lowest BCUT2D eigenvalue weighted by Crippen LogP contribution is -2.19. The number of rotatable bonds is 7. The van der Waals surface area contributed by atoms with Crippen LogP contribution in [0.5, 0.6) is 5.75 Å². The van der Waals surface area contributed by atoms with E-state index in [1.807, 2.05) is 6.07 Å². The van der Waals surface area contributed by atoms with Gasteiger partial charge in [0.1, 0.15) is 5.75 Å². The van der Waals surface area contributed by atoms with Crippen LogP contribution in [0.2, 0.25) is 10.0 Å². The van der Waals surface area contributed by atoms with Crippen molar-refractivity contribution in [2.75, 3.05) is 6.61 Å². The van der Waals surface area contributed by atoms with E-state index in [0.29, 0.717) is 34.9 Å². The van der Waals surface area contributed by atoms with Gasteiger partial charge >= 0.3 is 0 Å². The molecular formula is C18H21Cl2NO2. The molecule has 0 saturated heterocycles. The number of pyridine rings is 1. The topological polar surface area (TPSA) is 31.2 Å². The minimum atomic E-state index is -0.114. The highest BCUT2D eigenvalue weighted by Gasteiger charge is 2.05. The SMILES string of the molecule is CC(C)CCCOc1ccn(Cc2ccc(Cl)cc2Cl)c(=O)c1. The van der Waals surface area contributed by atoms with Crippen LogP contribution in [0.1, 0.15) is 32.3 Å². The maximum absolute atomic E-state index is 12.2. The third kappa shape index (κ3) is 5.60. The lowest BCUT2D eigenvalue weighted by atomic mass is 10.1. The molecule has 0 aliphatic heterocycles. The van der Waals surface area contributed by atoms with Gasteiger partial charge < -0.3 is 9.30 Å². The Balaban J connectivity index is 2.00. The first kappa shape index (κ1) is 17.9. The summed E-state index contributed by atoms with van der Waals surface area (Å²) >= 11 is 12.0. The Kier molecular flexibility index (Phi) is 6.55. The summed E-state index contributed by atoms with van der Waals surface area (Å²) in [6, 6.07) is 8.59. The molecule has 0 bridgehead atoms. The zero-order valence-corrected chi connectivity index (χ0v) is 14.9. The average molecular weight is 354 g/mol. The van der Waals surface area contributed by atoms with Crippen molar-refractivity contribution in [3.63, 3.8) is 0 Å². The van der Waals surface area contributed by atoms with Gasteiger partial charge in [-0.25, -0.2) is 0 Å². The molecule has 0 spiro atoms. The maximum atomic E-state index is 12.2. The Morgan fingerprint density at radius 3 is 2.61 bits per heavy atom. The summed E-state index contributed by atoms with van der Waals surface area (Å²) in [4.78, 5) is 12.2. The van der Waals surface area contributed by atoms with Crippen molar-refractivity contribution < 1.29 is 4.74 Å². The van der Waals surface area contributed by atoms with Crippen LogP contribution in [0.4, 0.5) is 0 Å². The van der Waals surface area contributed by atoms with Gasteiger partial charge in [0.15, 0.2) is 0 Å². The summed E-state index contributed by atoms with van der Waals surface area (Å²) in [5, 5.41) is 1.13. The highest BCUT2D eigenvalue weighted by atomic mass is 35.5. The van der Waals surface area contributed by atoms with E-state index >= 15 is 0 Å². The number of hydrogen-bond acceptors (Lipinski definition) is 2. The standard InChI is InChI=1S/C18H21Cl2NO2/c1-13(2)4-3-9-23-16-7-8-21(18(22)11-16)12-14-5-6-15(19)10-17(14)20/h5-8,10-11,13H,3-4,9,12H2,1-2H3. The Labute approximate surface area is 146 Å². The molecule has 0 N–H and O–H groups in total. The van der Waals surface area contributed by atoms with Crippen LogP contribution < -0.4 is 10.3 Å². The molecule has 23 heavy (non-hydrogen) atoms. The van der Waals surface area contributed by atoms with Crippen molar-refractivity contribution in [3.8, 4) is 5.75 Å². The van der Waals surface area contributed by atoms with Gasteiger partial charge in [0.25, 0.3) is 5.56 Å². The molecule has 0 aliphatic carbocycles. The van der Waals surface area contributed by atoms with E-state index in [0.717, 1.165) is 18.4 Å². The lowest BCUT2D eigenvalue weighted by Gasteiger charge is -2.10. The Bertz CT molecular complexity index is 710. The molecule has 0 aliphatic rings. The van der Waals surface area contributed by atoms with Gasteiger partial charge in [0.05, 0.1) is 13.2 Å². The molecule has 2 aromatic rings. The van der Waals surface area contributed by atoms with Gasteiger partial charge in [-0.3, -0.25) is 4.79 Å². The summed E-state index contributed by atoms with van der Waals surface area (Å²) in [6.45, 7) is 5.40. The third-order valence-corrected chi connectivity index (χ3v) is 4.10. The fourth-order valence-corrected chi connectivity index (χ4v) is 2.69. The number of aromatic nitrogens is 1.